The molecule has 0 radical (unpaired) electrons. The first kappa shape index (κ1) is 22.8. The van der Waals surface area contributed by atoms with Gasteiger partial charge in [0.2, 0.25) is 10.0 Å². The van der Waals surface area contributed by atoms with Crippen LogP contribution in [0, 0.1) is 11.7 Å². The number of benzene rings is 1. The topological polar surface area (TPSA) is 84.1 Å². The van der Waals surface area contributed by atoms with Crippen molar-refractivity contribution < 1.29 is 30.7 Å². The first-order chi connectivity index (χ1) is 13.8. The number of ether oxygens (including phenoxy) is 1. The van der Waals surface area contributed by atoms with Crippen LogP contribution in [0.3, 0.4) is 0 Å². The smallest absolute Gasteiger partial charge is 0.419 e. The van der Waals surface area contributed by atoms with Gasteiger partial charge in [0, 0.05) is 12.6 Å². The molecule has 11 heteroatoms. The van der Waals surface area contributed by atoms with Crippen molar-refractivity contribution in [3.05, 3.63) is 23.5 Å². The van der Waals surface area contributed by atoms with Gasteiger partial charge in [-0.15, -0.1) is 0 Å². The first-order valence-electron chi connectivity index (χ1n) is 9.68. The van der Waals surface area contributed by atoms with Crippen molar-refractivity contribution in [1.29, 1.82) is 0 Å². The molecule has 0 saturated heterocycles. The monoisotopic (exact) mass is 451 g/mol. The largest absolute Gasteiger partial charge is 0.461 e. The number of fused-ring (bicyclic) bond motifs is 1. The highest BCUT2D eigenvalue weighted by Crippen LogP contribution is 2.34. The zero-order valence-electron chi connectivity index (χ0n) is 16.9. The van der Waals surface area contributed by atoms with E-state index in [0.29, 0.717) is 25.5 Å². The SMILES string of the molecule is CC(C)(C)S(=O)(=O)NCC1CCC(Oc2nc3cc(F)c(C(F)(F)F)cc3[nH]2)CC1. The molecule has 1 aromatic carbocycles. The molecule has 1 heterocycles. The first-order valence-corrected chi connectivity index (χ1v) is 11.2. The highest BCUT2D eigenvalue weighted by Gasteiger charge is 2.35. The van der Waals surface area contributed by atoms with Crippen molar-refractivity contribution >= 4 is 21.1 Å². The Morgan fingerprint density at radius 1 is 1.17 bits per heavy atom. The molecule has 1 saturated carbocycles. The van der Waals surface area contributed by atoms with Crippen LogP contribution in [-0.2, 0) is 16.2 Å². The van der Waals surface area contributed by atoms with E-state index in [2.05, 4.69) is 14.7 Å². The van der Waals surface area contributed by atoms with E-state index in [1.165, 1.54) is 0 Å². The number of hydrogen-bond acceptors (Lipinski definition) is 4. The summed E-state index contributed by atoms with van der Waals surface area (Å²) in [5.74, 6) is -1.20. The number of nitrogens with one attached hydrogen (secondary N) is 2. The number of sulfonamides is 1. The molecule has 168 valence electrons. The van der Waals surface area contributed by atoms with E-state index < -0.39 is 32.3 Å². The molecule has 0 aliphatic heterocycles. The number of aromatic amines is 1. The highest BCUT2D eigenvalue weighted by atomic mass is 32.2. The quantitative estimate of drug-likeness (QED) is 0.661. The molecule has 30 heavy (non-hydrogen) atoms. The molecule has 6 nitrogen and oxygen atoms in total. The number of imidazole rings is 1. The molecule has 0 amide bonds. The number of rotatable bonds is 5. The average molecular weight is 451 g/mol. The van der Waals surface area contributed by atoms with Gasteiger partial charge in [0.15, 0.2) is 0 Å². The summed E-state index contributed by atoms with van der Waals surface area (Å²) in [4.78, 5) is 6.69. The van der Waals surface area contributed by atoms with Crippen molar-refractivity contribution in [2.24, 2.45) is 5.92 Å². The molecule has 2 N–H and O–H groups in total. The van der Waals surface area contributed by atoms with Gasteiger partial charge in [-0.2, -0.15) is 18.2 Å². The van der Waals surface area contributed by atoms with Crippen LogP contribution >= 0.6 is 0 Å². The third-order valence-electron chi connectivity index (χ3n) is 5.29. The fourth-order valence-electron chi connectivity index (χ4n) is 3.34. The molecule has 0 unspecified atom stereocenters. The minimum atomic E-state index is -4.79. The van der Waals surface area contributed by atoms with Crippen molar-refractivity contribution in [3.8, 4) is 6.01 Å². The Morgan fingerprint density at radius 2 is 1.80 bits per heavy atom. The minimum Gasteiger partial charge on any atom is -0.461 e. The number of alkyl halides is 3. The average Bonchev–Trinajstić information content (AvgIpc) is 2.99. The fraction of sp³-hybridized carbons (Fsp3) is 0.632. The highest BCUT2D eigenvalue weighted by molar-refractivity contribution is 7.90. The summed E-state index contributed by atoms with van der Waals surface area (Å²) < 4.78 is 84.1. The maximum absolute atomic E-state index is 13.7. The third kappa shape index (κ3) is 5.05. The van der Waals surface area contributed by atoms with Crippen LogP contribution in [0.25, 0.3) is 11.0 Å². The van der Waals surface area contributed by atoms with Crippen molar-refractivity contribution in [1.82, 2.24) is 14.7 Å². The standard InChI is InChI=1S/C19H25F4N3O3S/c1-18(2,3)30(27,28)24-10-11-4-6-12(7-5-11)29-17-25-15-8-13(19(21,22)23)14(20)9-16(15)26-17/h8-9,11-12,24H,4-7,10H2,1-3H3,(H,25,26). The Kier molecular flexibility index (Phi) is 6.07. The lowest BCUT2D eigenvalue weighted by Gasteiger charge is -2.29. The molecule has 1 aromatic heterocycles. The summed E-state index contributed by atoms with van der Waals surface area (Å²) in [7, 11) is -3.40. The van der Waals surface area contributed by atoms with Gasteiger partial charge >= 0.3 is 6.18 Å². The van der Waals surface area contributed by atoms with Gasteiger partial charge in [0.25, 0.3) is 6.01 Å². The molecule has 1 aliphatic carbocycles. The van der Waals surface area contributed by atoms with Crippen LogP contribution in [0.1, 0.15) is 52.0 Å². The summed E-state index contributed by atoms with van der Waals surface area (Å²) >= 11 is 0. The molecule has 3 rings (SSSR count). The van der Waals surface area contributed by atoms with Gasteiger partial charge in [-0.1, -0.05) is 0 Å². The third-order valence-corrected chi connectivity index (χ3v) is 7.45. The van der Waals surface area contributed by atoms with E-state index in [-0.39, 0.29) is 29.1 Å². The maximum atomic E-state index is 13.7. The Morgan fingerprint density at radius 3 is 2.37 bits per heavy atom. The normalized spacial score (nSPS) is 21.2. The van der Waals surface area contributed by atoms with E-state index in [1.54, 1.807) is 20.8 Å². The van der Waals surface area contributed by atoms with Gasteiger partial charge in [0.05, 0.1) is 21.3 Å². The molecular weight excluding hydrogens is 426 g/mol. The van der Waals surface area contributed by atoms with E-state index in [9.17, 15) is 26.0 Å². The van der Waals surface area contributed by atoms with E-state index >= 15 is 0 Å². The summed E-state index contributed by atoms with van der Waals surface area (Å²) in [6, 6.07) is 1.46. The van der Waals surface area contributed by atoms with Crippen molar-refractivity contribution in [3.63, 3.8) is 0 Å². The second-order valence-corrected chi connectivity index (χ2v) is 11.1. The van der Waals surface area contributed by atoms with E-state index in [4.69, 9.17) is 4.74 Å². The van der Waals surface area contributed by atoms with Crippen LogP contribution < -0.4 is 9.46 Å². The van der Waals surface area contributed by atoms with Gasteiger partial charge in [-0.25, -0.2) is 17.5 Å². The van der Waals surface area contributed by atoms with Crippen LogP contribution in [0.15, 0.2) is 12.1 Å². The lowest BCUT2D eigenvalue weighted by molar-refractivity contribution is -0.139. The van der Waals surface area contributed by atoms with Gasteiger partial charge in [-0.3, -0.25) is 0 Å². The van der Waals surface area contributed by atoms with E-state index in [1.807, 2.05) is 0 Å². The Hall–Kier alpha value is -1.88. The lowest BCUT2D eigenvalue weighted by Crippen LogP contribution is -2.42. The maximum Gasteiger partial charge on any atom is 0.419 e. The Bertz CT molecular complexity index is 1000. The van der Waals surface area contributed by atoms with Crippen molar-refractivity contribution in [2.75, 3.05) is 6.54 Å². The molecule has 0 atom stereocenters. The van der Waals surface area contributed by atoms with Crippen LogP contribution in [0.5, 0.6) is 6.01 Å². The van der Waals surface area contributed by atoms with Gasteiger partial charge in [0.1, 0.15) is 11.9 Å². The van der Waals surface area contributed by atoms with E-state index in [0.717, 1.165) is 18.9 Å². The minimum absolute atomic E-state index is 0.0422. The Balaban J connectivity index is 1.58. The fourth-order valence-corrected chi connectivity index (χ4v) is 4.22. The molecule has 0 bridgehead atoms. The molecule has 1 aliphatic rings. The van der Waals surface area contributed by atoms with Crippen LogP contribution in [0.4, 0.5) is 17.6 Å². The lowest BCUT2D eigenvalue weighted by atomic mass is 9.87. The molecule has 2 aromatic rings. The molecular formula is C19H25F4N3O3S. The summed E-state index contributed by atoms with van der Waals surface area (Å²) in [6.07, 6.45) is -2.21. The molecule has 0 spiro atoms. The zero-order chi connectivity index (χ0) is 22.3. The van der Waals surface area contributed by atoms with Crippen LogP contribution in [0.2, 0.25) is 0 Å². The van der Waals surface area contributed by atoms with Gasteiger partial charge in [-0.05, 0) is 58.4 Å². The number of H-pyrrole nitrogens is 1. The van der Waals surface area contributed by atoms with Gasteiger partial charge < -0.3 is 9.72 Å². The Labute approximate surface area is 172 Å². The summed E-state index contributed by atoms with van der Waals surface area (Å²) in [5.41, 5.74) is -1.26. The number of nitrogens with zero attached hydrogens (tertiary/aromatic N) is 1. The summed E-state index contributed by atoms with van der Waals surface area (Å²) in [6.45, 7) is 5.27. The zero-order valence-corrected chi connectivity index (χ0v) is 17.8. The predicted molar refractivity (Wildman–Crippen MR) is 104 cm³/mol. The number of aromatic nitrogens is 2. The summed E-state index contributed by atoms with van der Waals surface area (Å²) in [5, 5.41) is 0. The van der Waals surface area contributed by atoms with Crippen LogP contribution in [-0.4, -0.2) is 35.8 Å². The molecule has 1 fully saturated rings. The second kappa shape index (κ2) is 7.99. The second-order valence-electron chi connectivity index (χ2n) is 8.61. The number of hydrogen-bond donors (Lipinski definition) is 2. The predicted octanol–water partition coefficient (Wildman–Crippen LogP) is 4.38. The van der Waals surface area contributed by atoms with Crippen molar-refractivity contribution in [2.45, 2.75) is 63.5 Å². The number of halogens is 4.